The summed E-state index contributed by atoms with van der Waals surface area (Å²) in [5.74, 6) is -1.10. The van der Waals surface area contributed by atoms with Crippen LogP contribution in [-0.2, 0) is 4.79 Å². The van der Waals surface area contributed by atoms with E-state index in [1.54, 1.807) is 37.3 Å². The summed E-state index contributed by atoms with van der Waals surface area (Å²) in [6, 6.07) is 11.9. The van der Waals surface area contributed by atoms with Crippen LogP contribution in [0.4, 0.5) is 5.69 Å². The van der Waals surface area contributed by atoms with E-state index >= 15 is 0 Å². The van der Waals surface area contributed by atoms with Gasteiger partial charge >= 0.3 is 5.97 Å². The van der Waals surface area contributed by atoms with Crippen LogP contribution in [0, 0.1) is 0 Å². The van der Waals surface area contributed by atoms with Gasteiger partial charge in [-0.1, -0.05) is 18.2 Å². The average Bonchev–Trinajstić information content (AvgIpc) is 2.48. The Hall–Kier alpha value is -2.89. The van der Waals surface area contributed by atoms with E-state index in [9.17, 15) is 9.59 Å². The maximum Gasteiger partial charge on any atom is 0.356 e. The van der Waals surface area contributed by atoms with Gasteiger partial charge in [-0.05, 0) is 31.2 Å². The Kier molecular flexibility index (Phi) is 4.50. The summed E-state index contributed by atoms with van der Waals surface area (Å²) in [6.07, 6.45) is 0.581. The summed E-state index contributed by atoms with van der Waals surface area (Å²) in [5, 5.41) is 11.5. The molecule has 1 amide bonds. The van der Waals surface area contributed by atoms with Crippen LogP contribution < -0.4 is 10.1 Å². The van der Waals surface area contributed by atoms with Crippen LogP contribution in [0.1, 0.15) is 17.4 Å². The number of anilines is 1. The molecule has 108 valence electrons. The Morgan fingerprint density at radius 3 is 2.57 bits per heavy atom. The van der Waals surface area contributed by atoms with Gasteiger partial charge in [-0.15, -0.1) is 0 Å². The number of benzene rings is 1. The number of pyridine rings is 1. The zero-order valence-corrected chi connectivity index (χ0v) is 11.3. The van der Waals surface area contributed by atoms with Gasteiger partial charge in [-0.2, -0.15) is 0 Å². The Balaban J connectivity index is 2.06. The molecule has 0 aliphatic carbocycles. The predicted octanol–water partition coefficient (Wildman–Crippen LogP) is 2.19. The van der Waals surface area contributed by atoms with Crippen LogP contribution in [0.2, 0.25) is 0 Å². The average molecular weight is 286 g/mol. The van der Waals surface area contributed by atoms with E-state index in [-0.39, 0.29) is 11.4 Å². The Bertz CT molecular complexity index is 643. The first-order valence-electron chi connectivity index (χ1n) is 6.29. The van der Waals surface area contributed by atoms with Crippen molar-refractivity contribution in [3.63, 3.8) is 0 Å². The second-order valence-electron chi connectivity index (χ2n) is 4.27. The summed E-state index contributed by atoms with van der Waals surface area (Å²) in [6.45, 7) is 1.58. The number of rotatable bonds is 5. The number of aromatic carboxylic acids is 1. The van der Waals surface area contributed by atoms with Gasteiger partial charge < -0.3 is 15.2 Å². The maximum absolute atomic E-state index is 12.0. The minimum absolute atomic E-state index is 0.138. The lowest BCUT2D eigenvalue weighted by Gasteiger charge is -2.15. The summed E-state index contributed by atoms with van der Waals surface area (Å²) >= 11 is 0. The molecule has 21 heavy (non-hydrogen) atoms. The number of carbonyl (C=O) groups excluding carboxylic acids is 1. The van der Waals surface area contributed by atoms with Crippen molar-refractivity contribution in [3.05, 3.63) is 54.4 Å². The van der Waals surface area contributed by atoms with Gasteiger partial charge in [0.15, 0.2) is 11.8 Å². The minimum atomic E-state index is -1.21. The van der Waals surface area contributed by atoms with Gasteiger partial charge in [-0.25, -0.2) is 9.78 Å². The smallest absolute Gasteiger partial charge is 0.356 e. The van der Waals surface area contributed by atoms with E-state index in [4.69, 9.17) is 9.84 Å². The van der Waals surface area contributed by atoms with Crippen LogP contribution in [0.5, 0.6) is 5.75 Å². The summed E-state index contributed by atoms with van der Waals surface area (Å²) in [4.78, 5) is 26.8. The molecule has 0 radical (unpaired) electrons. The molecule has 1 aromatic carbocycles. The predicted molar refractivity (Wildman–Crippen MR) is 76.4 cm³/mol. The standard InChI is InChI=1S/C15H14N2O4/c1-10(21-11-6-3-2-4-7-11)14(18)17-12-8-5-9-16-13(12)15(19)20/h2-10H,1H3,(H,17,18)(H,19,20). The number of hydrogen-bond donors (Lipinski definition) is 2. The number of carboxylic acids is 1. The molecular weight excluding hydrogens is 272 g/mol. The van der Waals surface area contributed by atoms with Gasteiger partial charge in [0, 0.05) is 6.20 Å². The fraction of sp³-hybridized carbons (Fsp3) is 0.133. The van der Waals surface area contributed by atoms with E-state index in [1.807, 2.05) is 6.07 Å². The monoisotopic (exact) mass is 286 g/mol. The second kappa shape index (κ2) is 6.51. The highest BCUT2D eigenvalue weighted by Crippen LogP contribution is 2.15. The van der Waals surface area contributed by atoms with Crippen molar-refractivity contribution in [2.24, 2.45) is 0 Å². The number of amides is 1. The molecule has 0 aliphatic rings. The molecule has 0 fully saturated rings. The molecule has 1 heterocycles. The number of aromatic nitrogens is 1. The van der Waals surface area contributed by atoms with Gasteiger partial charge in [0.2, 0.25) is 0 Å². The van der Waals surface area contributed by atoms with Crippen molar-refractivity contribution in [2.75, 3.05) is 5.32 Å². The van der Waals surface area contributed by atoms with Gasteiger partial charge in [0.25, 0.3) is 5.91 Å². The third kappa shape index (κ3) is 3.79. The molecule has 0 bridgehead atoms. The van der Waals surface area contributed by atoms with Crippen molar-refractivity contribution in [1.29, 1.82) is 0 Å². The van der Waals surface area contributed by atoms with Crippen LogP contribution in [-0.4, -0.2) is 28.1 Å². The normalized spacial score (nSPS) is 11.5. The first-order chi connectivity index (χ1) is 10.1. The highest BCUT2D eigenvalue weighted by molar-refractivity contribution is 6.00. The quantitative estimate of drug-likeness (QED) is 0.879. The number of hydrogen-bond acceptors (Lipinski definition) is 4. The lowest BCUT2D eigenvalue weighted by molar-refractivity contribution is -0.122. The highest BCUT2D eigenvalue weighted by Gasteiger charge is 2.18. The van der Waals surface area contributed by atoms with Crippen LogP contribution in [0.25, 0.3) is 0 Å². The van der Waals surface area contributed by atoms with Crippen LogP contribution in [0.3, 0.4) is 0 Å². The summed E-state index contributed by atoms with van der Waals surface area (Å²) in [5.41, 5.74) is -0.0729. The SMILES string of the molecule is CC(Oc1ccccc1)C(=O)Nc1cccnc1C(=O)O. The zero-order chi connectivity index (χ0) is 15.2. The molecule has 6 heteroatoms. The first-order valence-corrected chi connectivity index (χ1v) is 6.29. The topological polar surface area (TPSA) is 88.5 Å². The molecule has 6 nitrogen and oxygen atoms in total. The molecule has 1 unspecified atom stereocenters. The Morgan fingerprint density at radius 2 is 1.90 bits per heavy atom. The van der Waals surface area contributed by atoms with Crippen molar-refractivity contribution < 1.29 is 19.4 Å². The molecule has 0 spiro atoms. The van der Waals surface area contributed by atoms with Gasteiger partial charge in [0.05, 0.1) is 5.69 Å². The second-order valence-corrected chi connectivity index (χ2v) is 4.27. The lowest BCUT2D eigenvalue weighted by atomic mass is 10.2. The molecule has 0 aliphatic heterocycles. The van der Waals surface area contributed by atoms with Crippen molar-refractivity contribution >= 4 is 17.6 Å². The summed E-state index contributed by atoms with van der Waals surface area (Å²) in [7, 11) is 0. The first kappa shape index (κ1) is 14.5. The zero-order valence-electron chi connectivity index (χ0n) is 11.3. The summed E-state index contributed by atoms with van der Waals surface area (Å²) < 4.78 is 5.47. The van der Waals surface area contributed by atoms with E-state index in [0.29, 0.717) is 5.75 Å². The Labute approximate surface area is 121 Å². The number of carbonyl (C=O) groups is 2. The van der Waals surface area contributed by atoms with E-state index in [0.717, 1.165) is 0 Å². The number of nitrogens with one attached hydrogen (secondary N) is 1. The Morgan fingerprint density at radius 1 is 1.19 bits per heavy atom. The molecule has 0 saturated carbocycles. The fourth-order valence-corrected chi connectivity index (χ4v) is 1.67. The molecule has 2 rings (SSSR count). The lowest BCUT2D eigenvalue weighted by Crippen LogP contribution is -2.30. The molecule has 2 aromatic rings. The third-order valence-corrected chi connectivity index (χ3v) is 2.69. The minimum Gasteiger partial charge on any atom is -0.481 e. The fourth-order valence-electron chi connectivity index (χ4n) is 1.67. The molecular formula is C15H14N2O4. The van der Waals surface area contributed by atoms with Gasteiger partial charge in [0.1, 0.15) is 5.75 Å². The number of ether oxygens (including phenoxy) is 1. The molecule has 1 aromatic heterocycles. The van der Waals surface area contributed by atoms with E-state index in [1.165, 1.54) is 12.3 Å². The van der Waals surface area contributed by atoms with E-state index < -0.39 is 18.0 Å². The van der Waals surface area contributed by atoms with Crippen molar-refractivity contribution in [3.8, 4) is 5.75 Å². The third-order valence-electron chi connectivity index (χ3n) is 2.69. The van der Waals surface area contributed by atoms with Crippen molar-refractivity contribution in [1.82, 2.24) is 4.98 Å². The molecule has 2 N–H and O–H groups in total. The maximum atomic E-state index is 12.0. The van der Waals surface area contributed by atoms with Crippen molar-refractivity contribution in [2.45, 2.75) is 13.0 Å². The molecule has 0 saturated heterocycles. The van der Waals surface area contributed by atoms with Crippen LogP contribution >= 0.6 is 0 Å². The number of para-hydroxylation sites is 1. The molecule has 1 atom stereocenters. The van der Waals surface area contributed by atoms with Gasteiger partial charge in [-0.3, -0.25) is 4.79 Å². The number of nitrogens with zero attached hydrogens (tertiary/aromatic N) is 1. The van der Waals surface area contributed by atoms with E-state index in [2.05, 4.69) is 10.3 Å². The highest BCUT2D eigenvalue weighted by atomic mass is 16.5. The largest absolute Gasteiger partial charge is 0.481 e. The van der Waals surface area contributed by atoms with Crippen LogP contribution in [0.15, 0.2) is 48.7 Å². The number of carboxylic acid groups (broad SMARTS) is 1.